The van der Waals surface area contributed by atoms with Crippen molar-refractivity contribution in [3.8, 4) is 11.8 Å². The van der Waals surface area contributed by atoms with Crippen LogP contribution in [0.25, 0.3) is 11.0 Å². The number of hydrogen-bond acceptors (Lipinski definition) is 3. The molecular weight excluding hydrogens is 262 g/mol. The maximum absolute atomic E-state index is 9.00. The van der Waals surface area contributed by atoms with Gasteiger partial charge in [-0.2, -0.15) is 5.26 Å². The number of nitriles is 1. The van der Waals surface area contributed by atoms with Crippen LogP contribution in [0.5, 0.6) is 5.75 Å². The Balaban J connectivity index is 1.87. The van der Waals surface area contributed by atoms with Gasteiger partial charge in [0.25, 0.3) is 0 Å². The Bertz CT molecular complexity index is 797. The van der Waals surface area contributed by atoms with Gasteiger partial charge in [-0.05, 0) is 31.2 Å². The van der Waals surface area contributed by atoms with E-state index in [0.717, 1.165) is 22.6 Å². The molecule has 0 spiro atoms. The first kappa shape index (κ1) is 13.2. The molecule has 21 heavy (non-hydrogen) atoms. The van der Waals surface area contributed by atoms with Gasteiger partial charge in [0, 0.05) is 0 Å². The van der Waals surface area contributed by atoms with E-state index < -0.39 is 0 Å². The number of ether oxygens (including phenoxy) is 1. The summed E-state index contributed by atoms with van der Waals surface area (Å²) in [4.78, 5) is 4.55. The SMILES string of the molecule is Cc1ccc(OCc2nc3ccccc3n2CC#N)cc1. The van der Waals surface area contributed by atoms with Crippen LogP contribution in [-0.4, -0.2) is 9.55 Å². The Morgan fingerprint density at radius 3 is 2.67 bits per heavy atom. The first-order valence-electron chi connectivity index (χ1n) is 6.78. The van der Waals surface area contributed by atoms with Gasteiger partial charge in [0.15, 0.2) is 0 Å². The van der Waals surface area contributed by atoms with E-state index in [4.69, 9.17) is 10.00 Å². The van der Waals surface area contributed by atoms with Gasteiger partial charge >= 0.3 is 0 Å². The number of para-hydroxylation sites is 2. The summed E-state index contributed by atoms with van der Waals surface area (Å²) < 4.78 is 7.66. The van der Waals surface area contributed by atoms with E-state index >= 15 is 0 Å². The maximum Gasteiger partial charge on any atom is 0.148 e. The van der Waals surface area contributed by atoms with Crippen LogP contribution < -0.4 is 4.74 Å². The Kier molecular flexibility index (Phi) is 3.57. The van der Waals surface area contributed by atoms with Crippen molar-refractivity contribution in [2.75, 3.05) is 0 Å². The molecule has 0 amide bonds. The fraction of sp³-hybridized carbons (Fsp3) is 0.176. The molecule has 0 radical (unpaired) electrons. The number of imidazole rings is 1. The van der Waals surface area contributed by atoms with E-state index in [9.17, 15) is 0 Å². The van der Waals surface area contributed by atoms with Crippen LogP contribution in [0.15, 0.2) is 48.5 Å². The zero-order valence-electron chi connectivity index (χ0n) is 11.8. The van der Waals surface area contributed by atoms with E-state index in [2.05, 4.69) is 11.1 Å². The molecule has 4 nitrogen and oxygen atoms in total. The summed E-state index contributed by atoms with van der Waals surface area (Å²) >= 11 is 0. The Hall–Kier alpha value is -2.80. The molecular formula is C17H15N3O. The van der Waals surface area contributed by atoms with Gasteiger partial charge in [-0.1, -0.05) is 29.8 Å². The van der Waals surface area contributed by atoms with Gasteiger partial charge < -0.3 is 9.30 Å². The number of benzene rings is 2. The molecule has 0 saturated carbocycles. The molecule has 0 N–H and O–H groups in total. The highest BCUT2D eigenvalue weighted by molar-refractivity contribution is 5.75. The number of hydrogen-bond donors (Lipinski definition) is 0. The zero-order valence-corrected chi connectivity index (χ0v) is 11.8. The predicted octanol–water partition coefficient (Wildman–Crippen LogP) is 3.45. The van der Waals surface area contributed by atoms with E-state index in [1.165, 1.54) is 5.56 Å². The Morgan fingerprint density at radius 1 is 1.14 bits per heavy atom. The summed E-state index contributed by atoms with van der Waals surface area (Å²) in [5.41, 5.74) is 3.04. The highest BCUT2D eigenvalue weighted by Gasteiger charge is 2.10. The second kappa shape index (κ2) is 5.68. The molecule has 0 aliphatic rings. The number of fused-ring (bicyclic) bond motifs is 1. The van der Waals surface area contributed by atoms with E-state index in [1.807, 2.05) is 60.0 Å². The van der Waals surface area contributed by atoms with Crippen molar-refractivity contribution in [1.82, 2.24) is 9.55 Å². The fourth-order valence-corrected chi connectivity index (χ4v) is 2.27. The highest BCUT2D eigenvalue weighted by atomic mass is 16.5. The molecule has 0 saturated heterocycles. The maximum atomic E-state index is 9.00. The van der Waals surface area contributed by atoms with Crippen molar-refractivity contribution >= 4 is 11.0 Å². The van der Waals surface area contributed by atoms with Gasteiger partial charge in [-0.25, -0.2) is 4.98 Å². The third kappa shape index (κ3) is 2.72. The van der Waals surface area contributed by atoms with E-state index in [1.54, 1.807) is 0 Å². The van der Waals surface area contributed by atoms with Crippen molar-refractivity contribution in [3.05, 3.63) is 59.9 Å². The van der Waals surface area contributed by atoms with Crippen molar-refractivity contribution in [2.24, 2.45) is 0 Å². The van der Waals surface area contributed by atoms with Gasteiger partial charge in [-0.15, -0.1) is 0 Å². The van der Waals surface area contributed by atoms with Crippen LogP contribution in [0.4, 0.5) is 0 Å². The lowest BCUT2D eigenvalue weighted by Gasteiger charge is -2.07. The summed E-state index contributed by atoms with van der Waals surface area (Å²) in [5, 5.41) is 9.00. The monoisotopic (exact) mass is 277 g/mol. The molecule has 0 bridgehead atoms. The van der Waals surface area contributed by atoms with Gasteiger partial charge in [0.1, 0.15) is 24.7 Å². The molecule has 3 rings (SSSR count). The first-order valence-corrected chi connectivity index (χ1v) is 6.78. The molecule has 0 fully saturated rings. The fourth-order valence-electron chi connectivity index (χ4n) is 2.27. The normalized spacial score (nSPS) is 10.5. The topological polar surface area (TPSA) is 50.8 Å². The van der Waals surface area contributed by atoms with E-state index in [0.29, 0.717) is 6.61 Å². The summed E-state index contributed by atoms with van der Waals surface area (Å²) in [6.45, 7) is 2.66. The summed E-state index contributed by atoms with van der Waals surface area (Å²) in [6, 6.07) is 17.9. The first-order chi connectivity index (χ1) is 10.3. The number of rotatable bonds is 4. The molecule has 1 heterocycles. The summed E-state index contributed by atoms with van der Waals surface area (Å²) in [7, 11) is 0. The quantitative estimate of drug-likeness (QED) is 0.734. The lowest BCUT2D eigenvalue weighted by Crippen LogP contribution is -2.06. The van der Waals surface area contributed by atoms with Crippen molar-refractivity contribution in [3.63, 3.8) is 0 Å². The third-order valence-electron chi connectivity index (χ3n) is 3.35. The molecule has 1 aromatic heterocycles. The van der Waals surface area contributed by atoms with Crippen LogP contribution in [0, 0.1) is 18.3 Å². The molecule has 0 aliphatic carbocycles. The second-order valence-corrected chi connectivity index (χ2v) is 4.86. The number of aryl methyl sites for hydroxylation is 1. The minimum atomic E-state index is 0.271. The largest absolute Gasteiger partial charge is 0.486 e. The second-order valence-electron chi connectivity index (χ2n) is 4.86. The smallest absolute Gasteiger partial charge is 0.148 e. The van der Waals surface area contributed by atoms with Crippen LogP contribution >= 0.6 is 0 Å². The predicted molar refractivity (Wildman–Crippen MR) is 80.9 cm³/mol. The van der Waals surface area contributed by atoms with Crippen molar-refractivity contribution < 1.29 is 4.74 Å². The van der Waals surface area contributed by atoms with Crippen molar-refractivity contribution in [1.29, 1.82) is 5.26 Å². The average molecular weight is 277 g/mol. The molecule has 4 heteroatoms. The van der Waals surface area contributed by atoms with Gasteiger partial charge in [0.2, 0.25) is 0 Å². The lowest BCUT2D eigenvalue weighted by atomic mass is 10.2. The van der Waals surface area contributed by atoms with Crippen LogP contribution in [-0.2, 0) is 13.2 Å². The number of nitrogens with zero attached hydrogens (tertiary/aromatic N) is 3. The molecule has 104 valence electrons. The molecule has 0 aliphatic heterocycles. The van der Waals surface area contributed by atoms with Crippen LogP contribution in [0.3, 0.4) is 0 Å². The third-order valence-corrected chi connectivity index (χ3v) is 3.35. The summed E-state index contributed by atoms with van der Waals surface area (Å²) in [6.07, 6.45) is 0. The molecule has 0 unspecified atom stereocenters. The molecule has 3 aromatic rings. The van der Waals surface area contributed by atoms with Crippen LogP contribution in [0.1, 0.15) is 11.4 Å². The minimum absolute atomic E-state index is 0.271. The lowest BCUT2D eigenvalue weighted by molar-refractivity contribution is 0.291. The zero-order chi connectivity index (χ0) is 14.7. The standard InChI is InChI=1S/C17H15N3O/c1-13-6-8-14(9-7-13)21-12-17-19-15-4-2-3-5-16(15)20(17)11-10-18/h2-9H,11-12H2,1H3. The Morgan fingerprint density at radius 2 is 1.90 bits per heavy atom. The summed E-state index contributed by atoms with van der Waals surface area (Å²) in [5.74, 6) is 1.56. The highest BCUT2D eigenvalue weighted by Crippen LogP contribution is 2.18. The van der Waals surface area contributed by atoms with Gasteiger partial charge in [-0.3, -0.25) is 0 Å². The van der Waals surface area contributed by atoms with Crippen LogP contribution in [0.2, 0.25) is 0 Å². The van der Waals surface area contributed by atoms with Crippen molar-refractivity contribution in [2.45, 2.75) is 20.1 Å². The molecule has 2 aromatic carbocycles. The van der Waals surface area contributed by atoms with Gasteiger partial charge in [0.05, 0.1) is 17.1 Å². The minimum Gasteiger partial charge on any atom is -0.486 e. The average Bonchev–Trinajstić information content (AvgIpc) is 2.85. The molecule has 0 atom stereocenters. The Labute approximate surface area is 123 Å². The number of aromatic nitrogens is 2. The van der Waals surface area contributed by atoms with E-state index in [-0.39, 0.29) is 6.54 Å².